The normalized spacial score (nSPS) is 24.0. The summed E-state index contributed by atoms with van der Waals surface area (Å²) < 4.78 is 5.61. The van der Waals surface area contributed by atoms with Crippen LogP contribution in [0.2, 0.25) is 5.02 Å². The van der Waals surface area contributed by atoms with Crippen LogP contribution in [-0.2, 0) is 0 Å². The number of amidine groups is 1. The molecule has 0 unspecified atom stereocenters. The third-order valence-electron chi connectivity index (χ3n) is 5.03. The smallest absolute Gasteiger partial charge is 0.161 e. The number of hydrogen-bond acceptors (Lipinski definition) is 6. The number of thioether (sulfide) groups is 1. The lowest BCUT2D eigenvalue weighted by molar-refractivity contribution is 0.253. The van der Waals surface area contributed by atoms with Gasteiger partial charge >= 0.3 is 0 Å². The van der Waals surface area contributed by atoms with E-state index in [4.69, 9.17) is 21.3 Å². The molecule has 1 N–H and O–H groups in total. The molecule has 2 aromatic rings. The molecule has 0 aliphatic carbocycles. The number of aromatic nitrogens is 1. The number of aromatic hydroxyl groups is 1. The molecule has 2 aliphatic rings. The zero-order chi connectivity index (χ0) is 19.0. The SMILES string of the molecule is CCOc1cc([C@@H]2[C@H](c3ccccn3)N=C3SC[C@H](CC)N32)c(Cl)cc1O. The molecule has 27 heavy (non-hydrogen) atoms. The highest BCUT2D eigenvalue weighted by Crippen LogP contribution is 2.51. The van der Waals surface area contributed by atoms with Gasteiger partial charge in [0, 0.05) is 29.1 Å². The Kier molecular flexibility index (Phi) is 5.19. The second-order valence-corrected chi connectivity index (χ2v) is 8.01. The van der Waals surface area contributed by atoms with Gasteiger partial charge in [0.2, 0.25) is 0 Å². The number of hydrogen-bond donors (Lipinski definition) is 1. The van der Waals surface area contributed by atoms with Crippen LogP contribution in [0.15, 0.2) is 41.5 Å². The van der Waals surface area contributed by atoms with Crippen molar-refractivity contribution in [3.63, 3.8) is 0 Å². The quantitative estimate of drug-likeness (QED) is 0.775. The van der Waals surface area contributed by atoms with Crippen LogP contribution in [0.3, 0.4) is 0 Å². The number of aliphatic imine (C=N–C) groups is 1. The van der Waals surface area contributed by atoms with E-state index >= 15 is 0 Å². The Labute approximate surface area is 168 Å². The van der Waals surface area contributed by atoms with Crippen molar-refractivity contribution in [2.75, 3.05) is 12.4 Å². The molecule has 3 atom stereocenters. The first-order chi connectivity index (χ1) is 13.1. The highest BCUT2D eigenvalue weighted by Gasteiger charge is 2.46. The Bertz CT molecular complexity index is 862. The van der Waals surface area contributed by atoms with Crippen molar-refractivity contribution in [3.8, 4) is 11.5 Å². The summed E-state index contributed by atoms with van der Waals surface area (Å²) in [7, 11) is 0. The van der Waals surface area contributed by atoms with Gasteiger partial charge in [-0.05, 0) is 37.1 Å². The number of rotatable bonds is 5. The average molecular weight is 404 g/mol. The van der Waals surface area contributed by atoms with E-state index in [9.17, 15) is 5.11 Å². The third kappa shape index (κ3) is 3.25. The fourth-order valence-electron chi connectivity index (χ4n) is 3.74. The van der Waals surface area contributed by atoms with Gasteiger partial charge in [-0.15, -0.1) is 0 Å². The van der Waals surface area contributed by atoms with E-state index in [-0.39, 0.29) is 17.8 Å². The van der Waals surface area contributed by atoms with Gasteiger partial charge in [-0.1, -0.05) is 36.4 Å². The van der Waals surface area contributed by atoms with Crippen LogP contribution in [0.1, 0.15) is 43.6 Å². The summed E-state index contributed by atoms with van der Waals surface area (Å²) in [5.74, 6) is 1.53. The topological polar surface area (TPSA) is 58.0 Å². The molecular formula is C20H22ClN3O2S. The summed E-state index contributed by atoms with van der Waals surface area (Å²) in [4.78, 5) is 11.9. The Balaban J connectivity index is 1.83. The Morgan fingerprint density at radius 2 is 2.19 bits per heavy atom. The fourth-order valence-corrected chi connectivity index (χ4v) is 5.35. The van der Waals surface area contributed by atoms with Gasteiger partial charge in [-0.2, -0.15) is 0 Å². The number of halogens is 1. The molecule has 0 bridgehead atoms. The highest BCUT2D eigenvalue weighted by atomic mass is 35.5. The zero-order valence-electron chi connectivity index (χ0n) is 15.3. The molecule has 1 fully saturated rings. The molecule has 0 amide bonds. The molecule has 142 valence electrons. The lowest BCUT2D eigenvalue weighted by atomic mass is 9.94. The first kappa shape index (κ1) is 18.4. The number of pyridine rings is 1. The summed E-state index contributed by atoms with van der Waals surface area (Å²) >= 11 is 8.39. The van der Waals surface area contributed by atoms with E-state index in [0.29, 0.717) is 23.4 Å². The maximum Gasteiger partial charge on any atom is 0.161 e. The van der Waals surface area contributed by atoms with Crippen molar-refractivity contribution >= 4 is 28.5 Å². The molecule has 0 saturated carbocycles. The van der Waals surface area contributed by atoms with Crippen molar-refractivity contribution in [2.24, 2.45) is 4.99 Å². The van der Waals surface area contributed by atoms with Gasteiger partial charge < -0.3 is 14.7 Å². The van der Waals surface area contributed by atoms with Crippen molar-refractivity contribution in [1.29, 1.82) is 0 Å². The highest BCUT2D eigenvalue weighted by molar-refractivity contribution is 8.14. The van der Waals surface area contributed by atoms with E-state index in [0.717, 1.165) is 28.6 Å². The molecule has 0 spiro atoms. The van der Waals surface area contributed by atoms with Crippen LogP contribution in [0.5, 0.6) is 11.5 Å². The van der Waals surface area contributed by atoms with Gasteiger partial charge in [0.05, 0.1) is 18.3 Å². The number of nitrogens with zero attached hydrogens (tertiary/aromatic N) is 3. The number of benzene rings is 1. The van der Waals surface area contributed by atoms with Crippen molar-refractivity contribution < 1.29 is 9.84 Å². The lowest BCUT2D eigenvalue weighted by Crippen LogP contribution is -2.35. The maximum atomic E-state index is 10.2. The minimum atomic E-state index is -0.139. The van der Waals surface area contributed by atoms with Crippen molar-refractivity contribution in [3.05, 3.63) is 52.8 Å². The van der Waals surface area contributed by atoms with Gasteiger partial charge in [-0.3, -0.25) is 9.98 Å². The Hall–Kier alpha value is -1.92. The Morgan fingerprint density at radius 3 is 2.89 bits per heavy atom. The second kappa shape index (κ2) is 7.60. The molecule has 3 heterocycles. The number of fused-ring (bicyclic) bond motifs is 1. The van der Waals surface area contributed by atoms with Gasteiger partial charge in [0.1, 0.15) is 6.04 Å². The number of phenolic OH excluding ortho intramolecular Hbond substituents is 1. The van der Waals surface area contributed by atoms with E-state index in [1.54, 1.807) is 24.0 Å². The minimum absolute atomic E-state index is 0.0574. The van der Waals surface area contributed by atoms with E-state index in [1.165, 1.54) is 0 Å². The van der Waals surface area contributed by atoms with Crippen LogP contribution < -0.4 is 4.74 Å². The molecule has 7 heteroatoms. The van der Waals surface area contributed by atoms with E-state index < -0.39 is 0 Å². The van der Waals surface area contributed by atoms with E-state index in [2.05, 4.69) is 16.8 Å². The summed E-state index contributed by atoms with van der Waals surface area (Å²) in [6.45, 7) is 4.57. The van der Waals surface area contributed by atoms with Crippen LogP contribution in [0.25, 0.3) is 0 Å². The number of ether oxygens (including phenoxy) is 1. The van der Waals surface area contributed by atoms with Gasteiger partial charge in [-0.25, -0.2) is 0 Å². The molecule has 1 saturated heterocycles. The predicted molar refractivity (Wildman–Crippen MR) is 110 cm³/mol. The van der Waals surface area contributed by atoms with Gasteiger partial charge in [0.15, 0.2) is 16.7 Å². The molecular weight excluding hydrogens is 382 g/mol. The van der Waals surface area contributed by atoms with E-state index in [1.807, 2.05) is 31.2 Å². The summed E-state index contributed by atoms with van der Waals surface area (Å²) in [5, 5.41) is 11.8. The Morgan fingerprint density at radius 1 is 1.33 bits per heavy atom. The predicted octanol–water partition coefficient (Wildman–Crippen LogP) is 4.82. The molecule has 1 aromatic heterocycles. The minimum Gasteiger partial charge on any atom is -0.504 e. The summed E-state index contributed by atoms with van der Waals surface area (Å²) in [5.41, 5.74) is 1.83. The molecule has 2 aliphatic heterocycles. The van der Waals surface area contributed by atoms with Crippen LogP contribution in [-0.4, -0.2) is 38.6 Å². The molecule has 1 aromatic carbocycles. The first-order valence-electron chi connectivity index (χ1n) is 9.19. The standard InChI is InChI=1S/C20H22ClN3O2S/c1-3-12-11-27-20-23-18(15-7-5-6-8-22-15)19(24(12)20)13-9-17(26-4-2)16(25)10-14(13)21/h5-10,12,18-19,25H,3-4,11H2,1-2H3/t12-,18-,19+/m0/s1. The lowest BCUT2D eigenvalue weighted by Gasteiger charge is -2.32. The number of phenols is 1. The molecule has 0 radical (unpaired) electrons. The third-order valence-corrected chi connectivity index (χ3v) is 6.48. The first-order valence-corrected chi connectivity index (χ1v) is 10.6. The second-order valence-electron chi connectivity index (χ2n) is 6.61. The maximum absolute atomic E-state index is 10.2. The van der Waals surface area contributed by atoms with Crippen LogP contribution in [0, 0.1) is 0 Å². The fraction of sp³-hybridized carbons (Fsp3) is 0.400. The molecule has 4 rings (SSSR count). The largest absolute Gasteiger partial charge is 0.504 e. The summed E-state index contributed by atoms with van der Waals surface area (Å²) in [6, 6.07) is 9.52. The molecule has 5 nitrogen and oxygen atoms in total. The van der Waals surface area contributed by atoms with Gasteiger partial charge in [0.25, 0.3) is 0 Å². The van der Waals surface area contributed by atoms with Crippen LogP contribution >= 0.6 is 23.4 Å². The average Bonchev–Trinajstić information content (AvgIpc) is 3.24. The monoisotopic (exact) mass is 403 g/mol. The van der Waals surface area contributed by atoms with Crippen LogP contribution in [0.4, 0.5) is 0 Å². The summed E-state index contributed by atoms with van der Waals surface area (Å²) in [6.07, 6.45) is 2.83. The van der Waals surface area contributed by atoms with Crippen molar-refractivity contribution in [1.82, 2.24) is 9.88 Å². The van der Waals surface area contributed by atoms with Crippen molar-refractivity contribution in [2.45, 2.75) is 38.4 Å². The zero-order valence-corrected chi connectivity index (χ0v) is 16.9.